The van der Waals surface area contributed by atoms with E-state index in [9.17, 15) is 0 Å². The van der Waals surface area contributed by atoms with Crippen LogP contribution < -0.4 is 25.2 Å². The largest absolute Gasteiger partial charge is 0.457 e. The zero-order chi connectivity index (χ0) is 68.3. The first-order valence-electron chi connectivity index (χ1n) is 39.9. The summed E-state index contributed by atoms with van der Waals surface area (Å²) >= 11 is 8.18. The molecule has 3 aliphatic rings. The summed E-state index contributed by atoms with van der Waals surface area (Å²) in [4.78, 5) is 22.0. The molecule has 0 N–H and O–H groups in total. The Morgan fingerprint density at radius 2 is 0.626 bits per heavy atom. The van der Waals surface area contributed by atoms with E-state index in [0.29, 0.717) is 51.5 Å². The number of amidine groups is 2. The van der Waals surface area contributed by atoms with Crippen LogP contribution in [-0.4, -0.2) is 20.8 Å². The molecule has 10 heteroatoms. The highest BCUT2D eigenvalue weighted by molar-refractivity contribution is 6.25. The third kappa shape index (κ3) is 20.6. The molecule has 9 nitrogen and oxygen atoms in total. The number of halogens is 1. The van der Waals surface area contributed by atoms with Gasteiger partial charge >= 0.3 is 0 Å². The zero-order valence-corrected chi connectivity index (χ0v) is 61.9. The van der Waals surface area contributed by atoms with Gasteiger partial charge in [-0.1, -0.05) is 300 Å². The first-order chi connectivity index (χ1) is 48.8. The quantitative estimate of drug-likeness (QED) is 0.0281. The number of unbranched alkanes of at least 4 members (excludes halogenated alkanes) is 36. The van der Waals surface area contributed by atoms with Gasteiger partial charge in [-0.2, -0.15) is 0 Å². The maximum atomic E-state index is 8.18. The van der Waals surface area contributed by atoms with Gasteiger partial charge in [-0.15, -0.1) is 0 Å². The Labute approximate surface area is 599 Å². The number of aliphatic imine (C=N–C) groups is 2. The van der Waals surface area contributed by atoms with E-state index < -0.39 is 5.12 Å². The van der Waals surface area contributed by atoms with Crippen LogP contribution in [-0.2, 0) is 24.4 Å². The Hall–Kier alpha value is -6.97. The van der Waals surface area contributed by atoms with Crippen molar-refractivity contribution >= 4 is 56.5 Å². The Bertz CT molecular complexity index is 4040. The van der Waals surface area contributed by atoms with Crippen LogP contribution in [0.2, 0.25) is 0 Å². The van der Waals surface area contributed by atoms with E-state index in [-0.39, 0.29) is 0 Å². The predicted molar refractivity (Wildman–Crippen MR) is 418 cm³/mol. The third-order valence-electron chi connectivity index (χ3n) is 21.0. The Kier molecular flexibility index (Phi) is 28.7. The summed E-state index contributed by atoms with van der Waals surface area (Å²) in [7, 11) is 0. The highest BCUT2D eigenvalue weighted by atomic mass is 35.5. The molecule has 0 fully saturated rings. The molecule has 2 aromatic heterocycles. The summed E-state index contributed by atoms with van der Waals surface area (Å²) < 4.78 is 24.5. The number of nitrogens with zero attached hydrogens (tertiary/aromatic N) is 6. The molecule has 3 aliphatic heterocycles. The lowest BCUT2D eigenvalue weighted by Crippen LogP contribution is -2.47. The number of rotatable bonds is 48. The molecule has 99 heavy (non-hydrogen) atoms. The third-order valence-corrected chi connectivity index (χ3v) is 21.4. The number of fused-ring (bicyclic) bond motifs is 10. The summed E-state index contributed by atoms with van der Waals surface area (Å²) in [6, 6.07) is 44.5. The van der Waals surface area contributed by atoms with Crippen molar-refractivity contribution in [1.29, 1.82) is 0 Å². The second-order valence-corrected chi connectivity index (χ2v) is 30.0. The van der Waals surface area contributed by atoms with Gasteiger partial charge in [0.1, 0.15) is 57.1 Å². The molecular formula is C89H117ClN6O3. The van der Waals surface area contributed by atoms with Gasteiger partial charge in [-0.25, -0.2) is 20.0 Å². The van der Waals surface area contributed by atoms with Crippen molar-refractivity contribution in [3.8, 4) is 34.5 Å². The van der Waals surface area contributed by atoms with Crippen molar-refractivity contribution in [3.05, 3.63) is 166 Å². The molecule has 528 valence electrons. The van der Waals surface area contributed by atoms with Crippen LogP contribution in [0.1, 0.15) is 306 Å². The molecular weight excluding hydrogens is 1240 g/mol. The lowest BCUT2D eigenvalue weighted by atomic mass is 10.0. The number of alkyl halides is 1. The van der Waals surface area contributed by atoms with Crippen LogP contribution in [0.25, 0.3) is 21.5 Å². The van der Waals surface area contributed by atoms with Gasteiger partial charge in [0, 0.05) is 32.7 Å². The fourth-order valence-corrected chi connectivity index (χ4v) is 15.7. The van der Waals surface area contributed by atoms with Gasteiger partial charge < -0.3 is 14.2 Å². The van der Waals surface area contributed by atoms with Gasteiger partial charge in [0.25, 0.3) is 0 Å². The Balaban J connectivity index is 0.820. The molecule has 11 rings (SSSR count). The fraction of sp³-hybridized carbons (Fsp3) is 0.528. The average molecular weight is 1350 g/mol. The molecule has 0 amide bonds. The van der Waals surface area contributed by atoms with Gasteiger partial charge in [-0.3, -0.25) is 9.13 Å². The van der Waals surface area contributed by atoms with E-state index in [1.54, 1.807) is 0 Å². The second-order valence-electron chi connectivity index (χ2n) is 29.3. The number of aryl methyl sites for hydroxylation is 3. The summed E-state index contributed by atoms with van der Waals surface area (Å²) in [5.41, 5.74) is 6.90. The van der Waals surface area contributed by atoms with Gasteiger partial charge in [0.2, 0.25) is 5.12 Å². The summed E-state index contributed by atoms with van der Waals surface area (Å²) in [5, 5.41) is 2.25. The number of aromatic nitrogens is 2. The zero-order valence-electron chi connectivity index (χ0n) is 61.1. The maximum Gasteiger partial charge on any atom is 0.201 e. The van der Waals surface area contributed by atoms with E-state index in [1.807, 2.05) is 25.1 Å². The van der Waals surface area contributed by atoms with Crippen molar-refractivity contribution < 1.29 is 14.2 Å². The van der Waals surface area contributed by atoms with Crippen molar-refractivity contribution in [2.45, 2.75) is 302 Å². The Morgan fingerprint density at radius 1 is 0.293 bits per heavy atom. The van der Waals surface area contributed by atoms with Crippen LogP contribution >= 0.6 is 11.6 Å². The maximum absolute atomic E-state index is 8.18. The lowest BCUT2D eigenvalue weighted by Gasteiger charge is -2.31. The molecule has 4 bridgehead atoms. The molecule has 1 atom stereocenters. The first kappa shape index (κ1) is 73.3. The van der Waals surface area contributed by atoms with Crippen LogP contribution in [0, 0.1) is 0 Å². The molecule has 0 spiro atoms. The summed E-state index contributed by atoms with van der Waals surface area (Å²) in [6.45, 7) is 8.91. The lowest BCUT2D eigenvalue weighted by molar-refractivity contribution is 0.374. The van der Waals surface area contributed by atoms with Crippen molar-refractivity contribution in [2.24, 2.45) is 20.0 Å². The van der Waals surface area contributed by atoms with E-state index in [1.165, 1.54) is 267 Å². The number of hydrogen-bond donors (Lipinski definition) is 0. The van der Waals surface area contributed by atoms with Crippen molar-refractivity contribution in [3.63, 3.8) is 0 Å². The van der Waals surface area contributed by atoms with E-state index >= 15 is 0 Å². The Morgan fingerprint density at radius 3 is 1.05 bits per heavy atom. The molecule has 0 saturated heterocycles. The molecule has 0 radical (unpaired) electrons. The van der Waals surface area contributed by atoms with Crippen LogP contribution in [0.4, 0.5) is 11.6 Å². The van der Waals surface area contributed by atoms with Crippen LogP contribution in [0.3, 0.4) is 0 Å². The van der Waals surface area contributed by atoms with Crippen molar-refractivity contribution in [1.82, 2.24) is 9.13 Å². The van der Waals surface area contributed by atoms with Gasteiger partial charge in [0.15, 0.2) is 11.7 Å². The number of benzene rings is 6. The van der Waals surface area contributed by atoms with E-state index in [4.69, 9.17) is 45.8 Å². The smallest absolute Gasteiger partial charge is 0.201 e. The molecule has 6 aromatic carbocycles. The minimum atomic E-state index is -1.26. The normalized spacial score (nSPS) is 14.3. The van der Waals surface area contributed by atoms with Crippen LogP contribution in [0.5, 0.6) is 34.5 Å². The van der Waals surface area contributed by atoms with Gasteiger partial charge in [0.05, 0.1) is 0 Å². The number of ether oxygens (including phenoxy) is 3. The molecule has 1 unspecified atom stereocenters. The molecule has 5 heterocycles. The molecule has 8 aromatic rings. The summed E-state index contributed by atoms with van der Waals surface area (Å²) in [5.74, 6) is 6.95. The van der Waals surface area contributed by atoms with Gasteiger partial charge in [-0.05, 0) is 153 Å². The monoisotopic (exact) mass is 1350 g/mol. The fourth-order valence-electron chi connectivity index (χ4n) is 15.3. The van der Waals surface area contributed by atoms with Crippen LogP contribution in [0.15, 0.2) is 147 Å². The van der Waals surface area contributed by atoms with Crippen molar-refractivity contribution in [2.75, 3.05) is 0 Å². The topological polar surface area (TPSA) is 87.0 Å². The summed E-state index contributed by atoms with van der Waals surface area (Å²) in [6.07, 6.45) is 55.7. The minimum absolute atomic E-state index is 0.526. The average Bonchev–Trinajstić information content (AvgIpc) is 1.53. The molecule has 0 saturated carbocycles. The minimum Gasteiger partial charge on any atom is -0.457 e. The standard InChI is InChI=1S/C89H117ClN6O3/c1-5-8-11-14-17-20-23-26-29-32-35-38-41-47-68-50-44-53-71(62-68)97-74-56-59-77-80(65-74)84-91-83(77)92-87-81-66-75(98-72-54-45-51-69(63-72)48-42-39-36-33-30-27-24-21-18-15-12-9-6-2)58-61-79(81)86-94-88-82-67-76(57-60-78(82)85(93-84)95(88)89(4,90)96(86)87)99-73-55-46-52-70(64-73)49-43-40-37-34-31-28-25-22-19-16-13-10-7-3/h44-46,50-67H,5-43,47-49H2,1-4H3. The predicted octanol–water partition coefficient (Wildman–Crippen LogP) is 27.0. The highest BCUT2D eigenvalue weighted by Gasteiger charge is 2.40. The van der Waals surface area contributed by atoms with E-state index in [0.717, 1.165) is 69.2 Å². The van der Waals surface area contributed by atoms with E-state index in [2.05, 4.69) is 139 Å². The first-order valence-corrected chi connectivity index (χ1v) is 40.3. The number of hydrogen-bond acceptors (Lipinski definition) is 7. The second kappa shape index (κ2) is 38.7. The SMILES string of the molecule is CCCCCCCCCCCCCCCc1cccc(Oc2ccc3c(c2)C2=Nc4c5ccc(Oc6cccc(CCCCCCCCCCCCCCC)c6)cc5c5n4C(C)(Cl)n4c(c6cc(Oc7cccc(CCCCCCCCCCCCCCC)c7)ccc6c4=N5)=NC3=N2)c1. The molecule has 0 aliphatic carbocycles. The highest BCUT2D eigenvalue weighted by Crippen LogP contribution is 2.48.